The highest BCUT2D eigenvalue weighted by Crippen LogP contribution is 2.65. The molecular formula is C88H52N6. The molecule has 0 saturated carbocycles. The fourth-order valence-electron chi connectivity index (χ4n) is 17.8. The molecule has 2 spiro atoms. The molecule has 0 fully saturated rings. The molecule has 0 unspecified atom stereocenters. The van der Waals surface area contributed by atoms with Gasteiger partial charge in [0.1, 0.15) is 0 Å². The van der Waals surface area contributed by atoms with Crippen LogP contribution in [0.15, 0.2) is 280 Å². The summed E-state index contributed by atoms with van der Waals surface area (Å²) >= 11 is 0. The Labute approximate surface area is 541 Å². The third-order valence-electron chi connectivity index (χ3n) is 21.5. The minimum atomic E-state index is -0.603. The zero-order valence-corrected chi connectivity index (χ0v) is 51.2. The van der Waals surface area contributed by atoms with Crippen molar-refractivity contribution in [2.75, 3.05) is 0 Å². The summed E-state index contributed by atoms with van der Waals surface area (Å²) in [6.07, 6.45) is 15.9. The summed E-state index contributed by atoms with van der Waals surface area (Å²) in [4.78, 5) is 30.8. The van der Waals surface area contributed by atoms with Crippen LogP contribution in [0, 0.1) is 13.8 Å². The highest BCUT2D eigenvalue weighted by Gasteiger charge is 2.53. The zero-order valence-electron chi connectivity index (χ0n) is 51.2. The molecule has 11 aromatic carbocycles. The fraction of sp³-hybridized carbons (Fsp3) is 0.0455. The molecule has 0 bridgehead atoms. The molecule has 434 valence electrons. The number of aryl methyl sites for hydroxylation is 2. The van der Waals surface area contributed by atoms with Crippen molar-refractivity contribution in [3.8, 4) is 89.0 Å². The number of rotatable bonds is 4. The quantitative estimate of drug-likeness (QED) is 0.129. The van der Waals surface area contributed by atoms with E-state index in [0.717, 1.165) is 99.2 Å². The monoisotopic (exact) mass is 1190 g/mol. The van der Waals surface area contributed by atoms with Gasteiger partial charge in [-0.2, -0.15) is 0 Å². The minimum Gasteiger partial charge on any atom is -0.264 e. The highest BCUT2D eigenvalue weighted by atomic mass is 14.8. The molecule has 0 aliphatic heterocycles. The van der Waals surface area contributed by atoms with Crippen molar-refractivity contribution in [3.63, 3.8) is 0 Å². The van der Waals surface area contributed by atoms with Crippen LogP contribution in [0.2, 0.25) is 0 Å². The van der Waals surface area contributed by atoms with Gasteiger partial charge in [-0.1, -0.05) is 182 Å². The predicted molar refractivity (Wildman–Crippen MR) is 382 cm³/mol. The second-order valence-corrected chi connectivity index (χ2v) is 26.2. The summed E-state index contributed by atoms with van der Waals surface area (Å²) in [5.41, 5.74) is 33.1. The average molecular weight is 1190 g/mol. The largest absolute Gasteiger partial charge is 0.264 e. The molecule has 17 aromatic rings. The first kappa shape index (κ1) is 51.6. The maximum absolute atomic E-state index is 5.98. The first-order valence-corrected chi connectivity index (χ1v) is 32.3. The van der Waals surface area contributed by atoms with Crippen LogP contribution in [0.3, 0.4) is 0 Å². The normalized spacial score (nSPS) is 13.8. The van der Waals surface area contributed by atoms with E-state index in [1.165, 1.54) is 111 Å². The van der Waals surface area contributed by atoms with Crippen LogP contribution in [-0.4, -0.2) is 29.9 Å². The number of benzene rings is 11. The van der Waals surface area contributed by atoms with Crippen molar-refractivity contribution in [1.82, 2.24) is 29.9 Å². The van der Waals surface area contributed by atoms with E-state index in [4.69, 9.17) is 19.9 Å². The molecule has 6 heteroatoms. The lowest BCUT2D eigenvalue weighted by Crippen LogP contribution is -2.26. The van der Waals surface area contributed by atoms with Crippen molar-refractivity contribution in [3.05, 3.63) is 336 Å². The van der Waals surface area contributed by atoms with Crippen LogP contribution >= 0.6 is 0 Å². The SMILES string of the molecule is Cc1cc(-c2ccc3c(-c4ccc5c(c4)-c4ccccc4C54c5ccncc5-c5cnccc54)c4ccc5c(-c6ccc7c(c6)C6(c8ccccc8-7)c7ccncc7-c7cnccc76)c6ccc(-c7cc(C)cc8ccccc78)cc6nc5c4nc3c2)c2ccccc2c1. The molecular weight excluding hydrogens is 1140 g/mol. The number of hydrogen-bond donors (Lipinski definition) is 0. The van der Waals surface area contributed by atoms with Gasteiger partial charge < -0.3 is 0 Å². The van der Waals surface area contributed by atoms with Crippen LogP contribution in [0.5, 0.6) is 0 Å². The molecule has 0 saturated heterocycles. The molecule has 0 amide bonds. The van der Waals surface area contributed by atoms with E-state index in [9.17, 15) is 0 Å². The second kappa shape index (κ2) is 18.8. The fourth-order valence-corrected chi connectivity index (χ4v) is 17.8. The molecule has 4 aliphatic rings. The van der Waals surface area contributed by atoms with Crippen molar-refractivity contribution >= 4 is 65.2 Å². The Hall–Kier alpha value is -12.1. The van der Waals surface area contributed by atoms with Crippen LogP contribution in [0.25, 0.3) is 154 Å². The Balaban J connectivity index is 0.871. The molecule has 6 heterocycles. The van der Waals surface area contributed by atoms with E-state index in [0.29, 0.717) is 0 Å². The molecule has 0 N–H and O–H groups in total. The molecule has 6 nitrogen and oxygen atoms in total. The third kappa shape index (κ3) is 6.67. The van der Waals surface area contributed by atoms with Gasteiger partial charge in [0, 0.05) is 105 Å². The van der Waals surface area contributed by atoms with Gasteiger partial charge in [0.15, 0.2) is 0 Å². The summed E-state index contributed by atoms with van der Waals surface area (Å²) in [6, 6.07) is 86.6. The van der Waals surface area contributed by atoms with Crippen LogP contribution < -0.4 is 0 Å². The predicted octanol–water partition coefficient (Wildman–Crippen LogP) is 20.9. The van der Waals surface area contributed by atoms with E-state index in [1.807, 2.05) is 49.6 Å². The Kier molecular flexibility index (Phi) is 10.3. The van der Waals surface area contributed by atoms with Gasteiger partial charge in [-0.05, 0) is 195 Å². The molecule has 94 heavy (non-hydrogen) atoms. The van der Waals surface area contributed by atoms with Crippen molar-refractivity contribution < 1.29 is 0 Å². The smallest absolute Gasteiger partial charge is 0.0979 e. The number of pyridine rings is 6. The van der Waals surface area contributed by atoms with Crippen LogP contribution in [0.1, 0.15) is 55.6 Å². The van der Waals surface area contributed by atoms with Gasteiger partial charge >= 0.3 is 0 Å². The van der Waals surface area contributed by atoms with Gasteiger partial charge in [0.2, 0.25) is 0 Å². The molecule has 4 aliphatic carbocycles. The van der Waals surface area contributed by atoms with Gasteiger partial charge in [0.05, 0.1) is 32.9 Å². The minimum absolute atomic E-state index is 0.547. The van der Waals surface area contributed by atoms with Crippen LogP contribution in [0.4, 0.5) is 0 Å². The van der Waals surface area contributed by atoms with E-state index in [2.05, 4.69) is 254 Å². The van der Waals surface area contributed by atoms with Gasteiger partial charge in [0.25, 0.3) is 0 Å². The lowest BCUT2D eigenvalue weighted by molar-refractivity contribution is 0.791. The van der Waals surface area contributed by atoms with E-state index in [1.54, 1.807) is 0 Å². The number of hydrogen-bond acceptors (Lipinski definition) is 6. The molecule has 0 atom stereocenters. The summed E-state index contributed by atoms with van der Waals surface area (Å²) in [7, 11) is 0. The van der Waals surface area contributed by atoms with E-state index in [-0.39, 0.29) is 0 Å². The van der Waals surface area contributed by atoms with Gasteiger partial charge in [-0.3, -0.25) is 19.9 Å². The lowest BCUT2D eigenvalue weighted by atomic mass is 9.70. The molecule has 21 rings (SSSR count). The first-order chi connectivity index (χ1) is 46.4. The van der Waals surface area contributed by atoms with Gasteiger partial charge in [-0.15, -0.1) is 0 Å². The van der Waals surface area contributed by atoms with E-state index >= 15 is 0 Å². The first-order valence-electron chi connectivity index (χ1n) is 32.3. The Bertz CT molecular complexity index is 6190. The number of nitrogens with zero attached hydrogens (tertiary/aromatic N) is 6. The Morgan fingerprint density at radius 3 is 1.14 bits per heavy atom. The van der Waals surface area contributed by atoms with Crippen molar-refractivity contribution in [2.24, 2.45) is 0 Å². The molecule has 0 radical (unpaired) electrons. The number of fused-ring (bicyclic) bond motifs is 27. The van der Waals surface area contributed by atoms with Gasteiger partial charge in [-0.25, -0.2) is 9.97 Å². The third-order valence-corrected chi connectivity index (χ3v) is 21.5. The number of aromatic nitrogens is 6. The standard InChI is InChI=1S/C88H52N6/c1-49-37-51-11-3-5-13-57(51)66(39-49)53-19-24-62-81(43-53)93-85-64(83(62)55-22-28-75-68(41-55)60-16-8-10-18-74(60)87(75)76-29-33-89-45-69(76)70-46-90-34-30-77(70)87)26-27-65-84(63-25-20-54(44-82(63)94-86(65)85)67-40-50(2)38-52-12-4-6-14-58(52)67)56-21-23-61-59-15-7-9-17-73(59)88(80(61)42-56)78-31-35-91-47-71(78)72-48-92-36-32-79(72)88/h3-48H,1-2H3. The summed E-state index contributed by atoms with van der Waals surface area (Å²) in [5.74, 6) is 0. The summed E-state index contributed by atoms with van der Waals surface area (Å²) in [5, 5.41) is 9.05. The highest BCUT2D eigenvalue weighted by molar-refractivity contribution is 6.22. The topological polar surface area (TPSA) is 77.3 Å². The molecule has 6 aromatic heterocycles. The lowest BCUT2D eigenvalue weighted by Gasteiger charge is -2.30. The Morgan fingerprint density at radius 1 is 0.245 bits per heavy atom. The second-order valence-electron chi connectivity index (χ2n) is 26.2. The van der Waals surface area contributed by atoms with Crippen molar-refractivity contribution in [2.45, 2.75) is 24.7 Å². The summed E-state index contributed by atoms with van der Waals surface area (Å²) in [6.45, 7) is 4.39. The maximum atomic E-state index is 5.98. The van der Waals surface area contributed by atoms with Crippen molar-refractivity contribution in [1.29, 1.82) is 0 Å². The average Bonchev–Trinajstić information content (AvgIpc) is 1.50. The zero-order chi connectivity index (χ0) is 61.7. The maximum Gasteiger partial charge on any atom is 0.0979 e. The van der Waals surface area contributed by atoms with Crippen LogP contribution in [-0.2, 0) is 10.8 Å². The summed E-state index contributed by atoms with van der Waals surface area (Å²) < 4.78 is 0. The Morgan fingerprint density at radius 2 is 0.628 bits per heavy atom. The van der Waals surface area contributed by atoms with E-state index < -0.39 is 10.8 Å².